The van der Waals surface area contributed by atoms with Crippen LogP contribution >= 0.6 is 0 Å². The van der Waals surface area contributed by atoms with Crippen LogP contribution in [0.25, 0.3) is 0 Å². The summed E-state index contributed by atoms with van der Waals surface area (Å²) in [5, 5.41) is 27.1. The number of carbonyl (C=O) groups is 1. The van der Waals surface area contributed by atoms with Crippen molar-refractivity contribution in [2.24, 2.45) is 0 Å². The fraction of sp³-hybridized carbons (Fsp3) is 0.857. The van der Waals surface area contributed by atoms with Crippen molar-refractivity contribution in [2.75, 3.05) is 13.7 Å². The van der Waals surface area contributed by atoms with Crippen molar-refractivity contribution in [3.63, 3.8) is 0 Å². The quantitative estimate of drug-likeness (QED) is 0.453. The highest BCUT2D eigenvalue weighted by Crippen LogP contribution is 2.17. The van der Waals surface area contributed by atoms with E-state index in [1.807, 2.05) is 0 Å². The normalized spacial score (nSPS) is 40.8. The lowest BCUT2D eigenvalue weighted by atomic mass is 10.0. The number of aliphatic hydroxyl groups excluding tert-OH is 3. The van der Waals surface area contributed by atoms with Crippen molar-refractivity contribution in [3.8, 4) is 0 Å². The highest BCUT2D eigenvalue weighted by Gasteiger charge is 2.43. The number of ketones is 1. The number of rotatable bonds is 2. The Hall–Kier alpha value is -0.530. The van der Waals surface area contributed by atoms with Crippen molar-refractivity contribution in [1.29, 1.82) is 0 Å². The van der Waals surface area contributed by atoms with Gasteiger partial charge in [0.15, 0.2) is 18.2 Å². The van der Waals surface area contributed by atoms with Gasteiger partial charge in [-0.2, -0.15) is 0 Å². The number of aliphatic hydroxyl groups is 3. The molecule has 6 heteroatoms. The van der Waals surface area contributed by atoms with Crippen molar-refractivity contribution in [1.82, 2.24) is 0 Å². The van der Waals surface area contributed by atoms with Crippen LogP contribution in [0, 0.1) is 0 Å². The van der Waals surface area contributed by atoms with Crippen molar-refractivity contribution in [3.05, 3.63) is 0 Å². The molecule has 13 heavy (non-hydrogen) atoms. The lowest BCUT2D eigenvalue weighted by molar-refractivity contribution is -0.247. The predicted octanol–water partition coefficient (Wildman–Crippen LogP) is -2.36. The fourth-order valence-corrected chi connectivity index (χ4v) is 1.14. The van der Waals surface area contributed by atoms with Gasteiger partial charge in [-0.1, -0.05) is 0 Å². The van der Waals surface area contributed by atoms with Crippen molar-refractivity contribution < 1.29 is 29.6 Å². The van der Waals surface area contributed by atoms with E-state index < -0.39 is 37.0 Å². The summed E-state index contributed by atoms with van der Waals surface area (Å²) >= 11 is 0. The lowest BCUT2D eigenvalue weighted by Crippen LogP contribution is -2.56. The SMILES string of the molecule is CO[C@@H]1OC(CO)[C@@H](O)C(=O)C1O. The first-order valence-electron chi connectivity index (χ1n) is 3.80. The van der Waals surface area contributed by atoms with Crippen LogP contribution in [0.3, 0.4) is 0 Å². The minimum atomic E-state index is -1.50. The van der Waals surface area contributed by atoms with Gasteiger partial charge >= 0.3 is 0 Å². The van der Waals surface area contributed by atoms with E-state index in [2.05, 4.69) is 4.74 Å². The number of hydrogen-bond donors (Lipinski definition) is 3. The first-order chi connectivity index (χ1) is 6.11. The molecule has 0 radical (unpaired) electrons. The molecular formula is C7H12O6. The average molecular weight is 192 g/mol. The van der Waals surface area contributed by atoms with E-state index >= 15 is 0 Å². The summed E-state index contributed by atoms with van der Waals surface area (Å²) in [6, 6.07) is 0. The molecule has 0 aromatic rings. The molecule has 0 bridgehead atoms. The number of methoxy groups -OCH3 is 1. The highest BCUT2D eigenvalue weighted by molar-refractivity contribution is 5.88. The van der Waals surface area contributed by atoms with Gasteiger partial charge < -0.3 is 24.8 Å². The molecule has 1 heterocycles. The van der Waals surface area contributed by atoms with Crippen molar-refractivity contribution >= 4 is 5.78 Å². The third-order valence-electron chi connectivity index (χ3n) is 1.91. The van der Waals surface area contributed by atoms with Gasteiger partial charge in [0.2, 0.25) is 0 Å². The van der Waals surface area contributed by atoms with Gasteiger partial charge in [-0.15, -0.1) is 0 Å². The number of hydrogen-bond acceptors (Lipinski definition) is 6. The summed E-state index contributed by atoms with van der Waals surface area (Å²) in [6.45, 7) is -0.501. The van der Waals surface area contributed by atoms with Crippen LogP contribution in [0.15, 0.2) is 0 Å². The Morgan fingerprint density at radius 2 is 2.08 bits per heavy atom. The van der Waals surface area contributed by atoms with Crippen LogP contribution in [0.1, 0.15) is 0 Å². The molecule has 0 aromatic heterocycles. The Morgan fingerprint density at radius 1 is 1.46 bits per heavy atom. The summed E-state index contributed by atoms with van der Waals surface area (Å²) < 4.78 is 9.53. The maximum absolute atomic E-state index is 11.1. The largest absolute Gasteiger partial charge is 0.394 e. The van der Waals surface area contributed by atoms with Crippen LogP contribution in [-0.2, 0) is 14.3 Å². The summed E-state index contributed by atoms with van der Waals surface area (Å²) in [4.78, 5) is 11.1. The Labute approximate surface area is 74.7 Å². The van der Waals surface area contributed by atoms with Crippen LogP contribution in [0.5, 0.6) is 0 Å². The van der Waals surface area contributed by atoms with Gasteiger partial charge in [0.1, 0.15) is 12.2 Å². The van der Waals surface area contributed by atoms with E-state index in [0.29, 0.717) is 0 Å². The minimum Gasteiger partial charge on any atom is -0.394 e. The second-order valence-corrected chi connectivity index (χ2v) is 2.75. The van der Waals surface area contributed by atoms with E-state index in [0.717, 1.165) is 0 Å². The van der Waals surface area contributed by atoms with Crippen LogP contribution in [0.2, 0.25) is 0 Å². The third-order valence-corrected chi connectivity index (χ3v) is 1.91. The maximum Gasteiger partial charge on any atom is 0.197 e. The molecule has 4 atom stereocenters. The van der Waals surface area contributed by atoms with E-state index in [-0.39, 0.29) is 0 Å². The monoisotopic (exact) mass is 192 g/mol. The smallest absolute Gasteiger partial charge is 0.197 e. The topological polar surface area (TPSA) is 96.2 Å². The molecule has 1 saturated heterocycles. The Morgan fingerprint density at radius 3 is 2.54 bits per heavy atom. The van der Waals surface area contributed by atoms with E-state index in [4.69, 9.17) is 9.84 Å². The van der Waals surface area contributed by atoms with E-state index in [9.17, 15) is 15.0 Å². The fourth-order valence-electron chi connectivity index (χ4n) is 1.14. The molecular weight excluding hydrogens is 180 g/mol. The summed E-state index contributed by atoms with van der Waals surface area (Å²) in [5.74, 6) is -0.794. The molecule has 1 rings (SSSR count). The molecule has 0 amide bonds. The van der Waals surface area contributed by atoms with Gasteiger partial charge in [0.05, 0.1) is 6.61 Å². The van der Waals surface area contributed by atoms with Gasteiger partial charge in [0.25, 0.3) is 0 Å². The molecule has 6 nitrogen and oxygen atoms in total. The molecule has 2 unspecified atom stereocenters. The Bertz CT molecular complexity index is 175. The molecule has 3 N–H and O–H groups in total. The molecule has 0 saturated carbocycles. The van der Waals surface area contributed by atoms with Gasteiger partial charge in [0, 0.05) is 7.11 Å². The zero-order valence-electron chi connectivity index (χ0n) is 7.08. The van der Waals surface area contributed by atoms with E-state index in [1.54, 1.807) is 0 Å². The minimum absolute atomic E-state index is 0.501. The van der Waals surface area contributed by atoms with Gasteiger partial charge in [-0.25, -0.2) is 0 Å². The summed E-state index contributed by atoms with van der Waals surface area (Å²) in [7, 11) is 1.26. The number of carbonyl (C=O) groups excluding carboxylic acids is 1. The molecule has 1 fully saturated rings. The molecule has 0 aromatic carbocycles. The molecule has 0 aliphatic carbocycles. The molecule has 1 aliphatic rings. The lowest BCUT2D eigenvalue weighted by Gasteiger charge is -2.34. The first-order valence-corrected chi connectivity index (χ1v) is 3.80. The van der Waals surface area contributed by atoms with Crippen LogP contribution in [-0.4, -0.2) is 59.4 Å². The Kier molecular flexibility index (Phi) is 3.34. The second kappa shape index (κ2) is 4.12. The second-order valence-electron chi connectivity index (χ2n) is 2.75. The van der Waals surface area contributed by atoms with Crippen LogP contribution in [0.4, 0.5) is 0 Å². The third kappa shape index (κ3) is 1.87. The van der Waals surface area contributed by atoms with Gasteiger partial charge in [-0.3, -0.25) is 4.79 Å². The molecule has 0 spiro atoms. The predicted molar refractivity (Wildman–Crippen MR) is 39.8 cm³/mol. The average Bonchev–Trinajstić information content (AvgIpc) is 2.15. The summed E-state index contributed by atoms with van der Waals surface area (Å²) in [6.07, 6.45) is -5.14. The van der Waals surface area contributed by atoms with Crippen molar-refractivity contribution in [2.45, 2.75) is 24.6 Å². The maximum atomic E-state index is 11.1. The number of ether oxygens (including phenoxy) is 2. The first kappa shape index (κ1) is 10.6. The Balaban J connectivity index is 2.72. The standard InChI is InChI=1S/C7H12O6/c1-12-7-6(11)5(10)4(9)3(2-8)13-7/h3-4,6-9,11H,2H2,1H3/t3?,4-,6?,7-/m1/s1. The van der Waals surface area contributed by atoms with E-state index in [1.165, 1.54) is 7.11 Å². The number of Topliss-reactive ketones (excluding diaryl/α,β-unsaturated/α-hetero) is 1. The zero-order valence-corrected chi connectivity index (χ0v) is 7.08. The molecule has 76 valence electrons. The van der Waals surface area contributed by atoms with Crippen LogP contribution < -0.4 is 0 Å². The zero-order chi connectivity index (χ0) is 10.0. The van der Waals surface area contributed by atoms with Gasteiger partial charge in [-0.05, 0) is 0 Å². The summed E-state index contributed by atoms with van der Waals surface area (Å²) in [5.41, 5.74) is 0. The molecule has 1 aliphatic heterocycles. The highest BCUT2D eigenvalue weighted by atomic mass is 16.7.